The van der Waals surface area contributed by atoms with E-state index in [-0.39, 0.29) is 0 Å². The molecule has 0 N–H and O–H groups in total. The van der Waals surface area contributed by atoms with E-state index in [0.717, 1.165) is 22.6 Å². The largest absolute Gasteiger partial charge is 0.311 e. The maximum Gasteiger partial charge on any atom is 0.0462 e. The maximum absolute atomic E-state index is 2.32. The van der Waals surface area contributed by atoms with Crippen molar-refractivity contribution in [2.75, 3.05) is 4.90 Å². The molecule has 0 aromatic heterocycles. The molecule has 0 aliphatic heterocycles. The Morgan fingerprint density at radius 3 is 0.889 bits per heavy atom. The summed E-state index contributed by atoms with van der Waals surface area (Å²) in [5.74, 6) is 0. The second kappa shape index (κ2) is 13.2. The molecule has 0 bridgehead atoms. The lowest BCUT2D eigenvalue weighted by Crippen LogP contribution is -2.09. The summed E-state index contributed by atoms with van der Waals surface area (Å²) in [7, 11) is 0. The normalized spacial score (nSPS) is 11.0. The summed E-state index contributed by atoms with van der Waals surface area (Å²) in [6.07, 6.45) is 4.32. The summed E-state index contributed by atoms with van der Waals surface area (Å²) >= 11 is 0. The predicted molar refractivity (Wildman–Crippen MR) is 193 cm³/mol. The Morgan fingerprint density at radius 2 is 0.511 bits per heavy atom. The SMILES string of the molecule is C(=C\c1ccc(N(c2ccc(-c3ccccc3)cc2)c2ccc(-c3ccc(-c4ccccc4)cc3)cc2)cc1)/c1ccccc1. The van der Waals surface area contributed by atoms with E-state index in [9.17, 15) is 0 Å². The first-order valence-corrected chi connectivity index (χ1v) is 15.3. The number of nitrogens with zero attached hydrogens (tertiary/aromatic N) is 1. The van der Waals surface area contributed by atoms with Gasteiger partial charge in [0.2, 0.25) is 0 Å². The van der Waals surface area contributed by atoms with E-state index in [4.69, 9.17) is 0 Å². The molecule has 214 valence electrons. The smallest absolute Gasteiger partial charge is 0.0462 e. The third-order valence-corrected chi connectivity index (χ3v) is 8.10. The molecule has 7 aromatic rings. The summed E-state index contributed by atoms with van der Waals surface area (Å²) in [6, 6.07) is 66.7. The molecule has 0 unspecified atom stereocenters. The fourth-order valence-corrected chi connectivity index (χ4v) is 5.66. The Bertz CT molecular complexity index is 1970. The standard InChI is InChI=1S/C44H33N/c1-4-10-34(11-5-1)16-17-35-18-28-42(29-19-35)45(43-30-24-40(25-31-43)37-14-8-3-9-15-37)44-32-26-41(27-33-44)39-22-20-38(21-23-39)36-12-6-2-7-13-36/h1-33H/b17-16+. The Morgan fingerprint density at radius 1 is 0.244 bits per heavy atom. The molecule has 0 atom stereocenters. The van der Waals surface area contributed by atoms with Crippen LogP contribution >= 0.6 is 0 Å². The first-order valence-electron chi connectivity index (χ1n) is 15.3. The minimum absolute atomic E-state index is 1.11. The van der Waals surface area contributed by atoms with Crippen molar-refractivity contribution in [3.63, 3.8) is 0 Å². The Labute approximate surface area is 266 Å². The molecule has 1 nitrogen and oxygen atoms in total. The summed E-state index contributed by atoms with van der Waals surface area (Å²) in [6.45, 7) is 0. The quantitative estimate of drug-likeness (QED) is 0.163. The topological polar surface area (TPSA) is 3.24 Å². The van der Waals surface area contributed by atoms with Gasteiger partial charge in [-0.3, -0.25) is 0 Å². The van der Waals surface area contributed by atoms with Gasteiger partial charge in [0.15, 0.2) is 0 Å². The van der Waals surface area contributed by atoms with E-state index < -0.39 is 0 Å². The van der Waals surface area contributed by atoms with E-state index in [2.05, 4.69) is 199 Å². The van der Waals surface area contributed by atoms with Gasteiger partial charge in [-0.15, -0.1) is 0 Å². The molecule has 0 amide bonds. The van der Waals surface area contributed by atoms with Crippen LogP contribution in [0.1, 0.15) is 11.1 Å². The Kier molecular flexibility index (Phi) is 8.15. The highest BCUT2D eigenvalue weighted by atomic mass is 15.1. The molecule has 0 saturated heterocycles. The minimum atomic E-state index is 1.11. The van der Waals surface area contributed by atoms with E-state index in [1.54, 1.807) is 0 Å². The average molecular weight is 576 g/mol. The van der Waals surface area contributed by atoms with Gasteiger partial charge in [0.25, 0.3) is 0 Å². The Hall–Kier alpha value is -5.92. The van der Waals surface area contributed by atoms with Crippen LogP contribution in [0.4, 0.5) is 17.1 Å². The van der Waals surface area contributed by atoms with Crippen molar-refractivity contribution in [2.45, 2.75) is 0 Å². The van der Waals surface area contributed by atoms with E-state index in [1.807, 2.05) is 6.07 Å². The van der Waals surface area contributed by atoms with Crippen LogP contribution in [0.15, 0.2) is 188 Å². The number of hydrogen-bond acceptors (Lipinski definition) is 1. The van der Waals surface area contributed by atoms with E-state index >= 15 is 0 Å². The van der Waals surface area contributed by atoms with Crippen molar-refractivity contribution in [1.29, 1.82) is 0 Å². The monoisotopic (exact) mass is 575 g/mol. The summed E-state index contributed by atoms with van der Waals surface area (Å²) in [5, 5.41) is 0. The fraction of sp³-hybridized carbons (Fsp3) is 0. The second-order valence-electron chi connectivity index (χ2n) is 11.1. The van der Waals surface area contributed by atoms with Crippen LogP contribution in [0.25, 0.3) is 45.5 Å². The van der Waals surface area contributed by atoms with Gasteiger partial charge < -0.3 is 4.90 Å². The fourth-order valence-electron chi connectivity index (χ4n) is 5.66. The van der Waals surface area contributed by atoms with Gasteiger partial charge in [-0.05, 0) is 80.9 Å². The molecular formula is C44H33N. The lowest BCUT2D eigenvalue weighted by atomic mass is 10.00. The molecule has 0 aliphatic carbocycles. The highest BCUT2D eigenvalue weighted by Gasteiger charge is 2.13. The molecular weight excluding hydrogens is 542 g/mol. The zero-order valence-corrected chi connectivity index (χ0v) is 25.0. The lowest BCUT2D eigenvalue weighted by molar-refractivity contribution is 1.28. The molecule has 0 heterocycles. The molecule has 0 saturated carbocycles. The third kappa shape index (κ3) is 6.54. The Balaban J connectivity index is 1.19. The maximum atomic E-state index is 2.32. The van der Waals surface area contributed by atoms with Gasteiger partial charge in [-0.2, -0.15) is 0 Å². The second-order valence-corrected chi connectivity index (χ2v) is 11.1. The van der Waals surface area contributed by atoms with Gasteiger partial charge in [0.1, 0.15) is 0 Å². The van der Waals surface area contributed by atoms with E-state index in [1.165, 1.54) is 38.9 Å². The summed E-state index contributed by atoms with van der Waals surface area (Å²) < 4.78 is 0. The molecule has 7 rings (SSSR count). The molecule has 0 aliphatic rings. The van der Waals surface area contributed by atoms with Gasteiger partial charge in [-0.25, -0.2) is 0 Å². The van der Waals surface area contributed by atoms with Crippen molar-refractivity contribution in [3.05, 3.63) is 199 Å². The number of rotatable bonds is 8. The predicted octanol–water partition coefficient (Wildman–Crippen LogP) is 12.3. The number of hydrogen-bond donors (Lipinski definition) is 0. The van der Waals surface area contributed by atoms with Crippen molar-refractivity contribution in [3.8, 4) is 33.4 Å². The zero-order chi connectivity index (χ0) is 30.3. The van der Waals surface area contributed by atoms with Crippen LogP contribution in [-0.4, -0.2) is 0 Å². The van der Waals surface area contributed by atoms with Gasteiger partial charge in [-0.1, -0.05) is 164 Å². The van der Waals surface area contributed by atoms with Crippen molar-refractivity contribution in [1.82, 2.24) is 0 Å². The molecule has 1 heteroatoms. The number of benzene rings is 7. The van der Waals surface area contributed by atoms with Crippen molar-refractivity contribution in [2.24, 2.45) is 0 Å². The molecule has 0 fully saturated rings. The van der Waals surface area contributed by atoms with Crippen LogP contribution in [0, 0.1) is 0 Å². The average Bonchev–Trinajstić information content (AvgIpc) is 3.13. The first-order chi connectivity index (χ1) is 22.3. The van der Waals surface area contributed by atoms with Crippen LogP contribution < -0.4 is 4.90 Å². The van der Waals surface area contributed by atoms with Crippen molar-refractivity contribution < 1.29 is 0 Å². The highest BCUT2D eigenvalue weighted by Crippen LogP contribution is 2.37. The van der Waals surface area contributed by atoms with Gasteiger partial charge in [0.05, 0.1) is 0 Å². The van der Waals surface area contributed by atoms with Gasteiger partial charge >= 0.3 is 0 Å². The molecule has 0 spiro atoms. The van der Waals surface area contributed by atoms with Crippen LogP contribution in [0.5, 0.6) is 0 Å². The van der Waals surface area contributed by atoms with Crippen LogP contribution in [0.3, 0.4) is 0 Å². The first kappa shape index (κ1) is 27.9. The van der Waals surface area contributed by atoms with E-state index in [0.29, 0.717) is 0 Å². The van der Waals surface area contributed by atoms with Crippen LogP contribution in [-0.2, 0) is 0 Å². The lowest BCUT2D eigenvalue weighted by Gasteiger charge is -2.26. The molecule has 45 heavy (non-hydrogen) atoms. The van der Waals surface area contributed by atoms with Gasteiger partial charge in [0, 0.05) is 17.1 Å². The summed E-state index contributed by atoms with van der Waals surface area (Å²) in [5.41, 5.74) is 13.0. The zero-order valence-electron chi connectivity index (χ0n) is 25.0. The summed E-state index contributed by atoms with van der Waals surface area (Å²) in [4.78, 5) is 2.32. The number of anilines is 3. The third-order valence-electron chi connectivity index (χ3n) is 8.10. The molecule has 7 aromatic carbocycles. The molecule has 0 radical (unpaired) electrons. The minimum Gasteiger partial charge on any atom is -0.311 e. The highest BCUT2D eigenvalue weighted by molar-refractivity contribution is 5.81. The van der Waals surface area contributed by atoms with Crippen LogP contribution in [0.2, 0.25) is 0 Å². The van der Waals surface area contributed by atoms with Crippen molar-refractivity contribution >= 4 is 29.2 Å².